The molecule has 2 aliphatic rings. The van der Waals surface area contributed by atoms with Crippen LogP contribution >= 0.6 is 0 Å². The summed E-state index contributed by atoms with van der Waals surface area (Å²) in [5, 5.41) is 8.90. The van der Waals surface area contributed by atoms with Gasteiger partial charge in [-0.15, -0.1) is 0 Å². The quantitative estimate of drug-likeness (QED) is 0.433. The summed E-state index contributed by atoms with van der Waals surface area (Å²) in [6, 6.07) is 10.3. The van der Waals surface area contributed by atoms with E-state index in [-0.39, 0.29) is 0 Å². The predicted octanol–water partition coefficient (Wildman–Crippen LogP) is 8.02. The van der Waals surface area contributed by atoms with Gasteiger partial charge in [-0.25, -0.2) is 0 Å². The van der Waals surface area contributed by atoms with Crippen LogP contribution in [0.2, 0.25) is 0 Å². The van der Waals surface area contributed by atoms with Gasteiger partial charge in [0, 0.05) is 0 Å². The molecule has 0 amide bonds. The Morgan fingerprint density at radius 3 is 2.10 bits per heavy atom. The second-order valence-electron chi connectivity index (χ2n) is 9.62. The highest BCUT2D eigenvalue weighted by Gasteiger charge is 2.31. The maximum absolute atomic E-state index is 8.90. The summed E-state index contributed by atoms with van der Waals surface area (Å²) in [5.41, 5.74) is 4.94. The van der Waals surface area contributed by atoms with Gasteiger partial charge in [-0.2, -0.15) is 5.26 Å². The molecule has 1 nitrogen and oxygen atoms in total. The van der Waals surface area contributed by atoms with Crippen molar-refractivity contribution in [1.29, 1.82) is 5.26 Å². The van der Waals surface area contributed by atoms with Gasteiger partial charge in [-0.1, -0.05) is 49.6 Å². The molecule has 2 fully saturated rings. The number of nitriles is 1. The Bertz CT molecular complexity index is 717. The molecule has 2 aliphatic carbocycles. The van der Waals surface area contributed by atoms with Gasteiger partial charge in [0.25, 0.3) is 0 Å². The molecule has 0 atom stereocenters. The molecule has 0 radical (unpaired) electrons. The molecular formula is C28H39N. The van der Waals surface area contributed by atoms with Gasteiger partial charge in [0.1, 0.15) is 0 Å². The summed E-state index contributed by atoms with van der Waals surface area (Å²) in [7, 11) is 0. The van der Waals surface area contributed by atoms with E-state index in [1.54, 1.807) is 0 Å². The molecule has 0 aromatic heterocycles. The average Bonchev–Trinajstić information content (AvgIpc) is 2.75. The number of rotatable bonds is 7. The number of hydrogen-bond acceptors (Lipinski definition) is 1. The number of aryl methyl sites for hydroxylation is 1. The Balaban J connectivity index is 1.35. The van der Waals surface area contributed by atoms with Crippen LogP contribution in [0.3, 0.4) is 0 Å². The maximum Gasteiger partial charge on any atom is 0.0991 e. The van der Waals surface area contributed by atoms with Crippen LogP contribution < -0.4 is 0 Å². The first-order valence-electron chi connectivity index (χ1n) is 11.9. The van der Waals surface area contributed by atoms with E-state index in [0.717, 1.165) is 35.7 Å². The van der Waals surface area contributed by atoms with Crippen LogP contribution in [-0.4, -0.2) is 0 Å². The lowest BCUT2D eigenvalue weighted by Crippen LogP contribution is -2.26. The number of hydrogen-bond donors (Lipinski definition) is 0. The van der Waals surface area contributed by atoms with E-state index in [1.807, 2.05) is 12.1 Å². The largest absolute Gasteiger partial charge is 0.192 e. The van der Waals surface area contributed by atoms with Gasteiger partial charge < -0.3 is 0 Å². The molecule has 0 N–H and O–H groups in total. The molecule has 3 rings (SSSR count). The first-order chi connectivity index (χ1) is 14.1. The highest BCUT2D eigenvalue weighted by atomic mass is 14.4. The van der Waals surface area contributed by atoms with Crippen molar-refractivity contribution >= 4 is 0 Å². The molecule has 1 aromatic rings. The Morgan fingerprint density at radius 2 is 1.59 bits per heavy atom. The molecule has 0 saturated heterocycles. The fourth-order valence-corrected chi connectivity index (χ4v) is 6.02. The molecule has 0 spiro atoms. The molecule has 2 saturated carbocycles. The van der Waals surface area contributed by atoms with Crippen LogP contribution in [0.15, 0.2) is 48.1 Å². The van der Waals surface area contributed by atoms with Crippen molar-refractivity contribution in [2.45, 2.75) is 84.5 Å². The minimum atomic E-state index is 0.766. The Kier molecular flexibility index (Phi) is 8.17. The Labute approximate surface area is 178 Å². The van der Waals surface area contributed by atoms with Gasteiger partial charge in [-0.3, -0.25) is 0 Å². The third kappa shape index (κ3) is 6.08. The maximum atomic E-state index is 8.90. The molecule has 156 valence electrons. The van der Waals surface area contributed by atoms with Crippen LogP contribution in [0.4, 0.5) is 0 Å². The predicted molar refractivity (Wildman–Crippen MR) is 124 cm³/mol. The summed E-state index contributed by atoms with van der Waals surface area (Å²) in [6.45, 7) is 8.54. The van der Waals surface area contributed by atoms with E-state index < -0.39 is 0 Å². The summed E-state index contributed by atoms with van der Waals surface area (Å²) in [5.74, 6) is 3.69. The molecular weight excluding hydrogens is 350 g/mol. The van der Waals surface area contributed by atoms with Gasteiger partial charge >= 0.3 is 0 Å². The van der Waals surface area contributed by atoms with E-state index in [0.29, 0.717) is 0 Å². The molecule has 0 unspecified atom stereocenters. The van der Waals surface area contributed by atoms with Crippen molar-refractivity contribution in [3.05, 3.63) is 59.2 Å². The normalized spacial score (nSPS) is 28.0. The van der Waals surface area contributed by atoms with Crippen LogP contribution in [0, 0.1) is 35.0 Å². The van der Waals surface area contributed by atoms with E-state index in [1.165, 1.54) is 80.9 Å². The molecule has 1 heteroatoms. The van der Waals surface area contributed by atoms with Gasteiger partial charge in [0.15, 0.2) is 0 Å². The van der Waals surface area contributed by atoms with Crippen molar-refractivity contribution in [3.63, 3.8) is 0 Å². The lowest BCUT2D eigenvalue weighted by atomic mass is 9.67. The Hall–Kier alpha value is -1.81. The number of benzene rings is 1. The van der Waals surface area contributed by atoms with E-state index in [9.17, 15) is 0 Å². The molecule has 0 heterocycles. The Morgan fingerprint density at radius 1 is 1.00 bits per heavy atom. The highest BCUT2D eigenvalue weighted by Crippen LogP contribution is 2.44. The zero-order valence-electron chi connectivity index (χ0n) is 18.6. The fraction of sp³-hybridized carbons (Fsp3) is 0.607. The van der Waals surface area contributed by atoms with Crippen molar-refractivity contribution in [1.82, 2.24) is 0 Å². The SMILES string of the molecule is C=C(C)/C(=C\C)C1CCC(C2CCC(CCCc3ccc(C#N)cc3)CC2)CC1. The molecule has 1 aromatic carbocycles. The van der Waals surface area contributed by atoms with Crippen molar-refractivity contribution in [2.75, 3.05) is 0 Å². The second kappa shape index (κ2) is 10.8. The molecule has 29 heavy (non-hydrogen) atoms. The van der Waals surface area contributed by atoms with Crippen LogP contribution in [0.5, 0.6) is 0 Å². The standard InChI is InChI=1S/C28H39N/c1-4-28(21(2)3)27-18-16-26(17-19-27)25-14-12-23(13-15-25)7-5-6-22-8-10-24(20-29)11-9-22/h4,8-11,23,25-27H,2,5-7,12-19H2,1,3H3/b28-4+. The molecule has 0 aliphatic heterocycles. The zero-order valence-corrected chi connectivity index (χ0v) is 18.6. The highest BCUT2D eigenvalue weighted by molar-refractivity contribution is 5.31. The summed E-state index contributed by atoms with van der Waals surface area (Å²) < 4.78 is 0. The summed E-state index contributed by atoms with van der Waals surface area (Å²) >= 11 is 0. The smallest absolute Gasteiger partial charge is 0.0991 e. The third-order valence-corrected chi connectivity index (χ3v) is 7.73. The van der Waals surface area contributed by atoms with Crippen LogP contribution in [-0.2, 0) is 6.42 Å². The lowest BCUT2D eigenvalue weighted by molar-refractivity contribution is 0.150. The van der Waals surface area contributed by atoms with Crippen molar-refractivity contribution in [2.24, 2.45) is 23.7 Å². The number of allylic oxidation sites excluding steroid dienone is 3. The van der Waals surface area contributed by atoms with Crippen LogP contribution in [0.25, 0.3) is 0 Å². The summed E-state index contributed by atoms with van der Waals surface area (Å²) in [4.78, 5) is 0. The minimum absolute atomic E-state index is 0.766. The third-order valence-electron chi connectivity index (χ3n) is 7.73. The summed E-state index contributed by atoms with van der Waals surface area (Å²) in [6.07, 6.45) is 17.6. The second-order valence-corrected chi connectivity index (χ2v) is 9.62. The topological polar surface area (TPSA) is 23.8 Å². The first-order valence-corrected chi connectivity index (χ1v) is 11.9. The minimum Gasteiger partial charge on any atom is -0.192 e. The van der Waals surface area contributed by atoms with E-state index in [2.05, 4.69) is 44.7 Å². The van der Waals surface area contributed by atoms with Crippen LogP contribution in [0.1, 0.15) is 89.2 Å². The monoisotopic (exact) mass is 389 g/mol. The lowest BCUT2D eigenvalue weighted by Gasteiger charge is -2.38. The van der Waals surface area contributed by atoms with Gasteiger partial charge in [0.2, 0.25) is 0 Å². The van der Waals surface area contributed by atoms with Gasteiger partial charge in [-0.05, 0) is 112 Å². The zero-order chi connectivity index (χ0) is 20.6. The number of nitrogens with zero attached hydrogens (tertiary/aromatic N) is 1. The first kappa shape index (κ1) is 21.9. The van der Waals surface area contributed by atoms with Crippen molar-refractivity contribution < 1.29 is 0 Å². The molecule has 0 bridgehead atoms. The fourth-order valence-electron chi connectivity index (χ4n) is 6.02. The van der Waals surface area contributed by atoms with Crippen molar-refractivity contribution in [3.8, 4) is 6.07 Å². The average molecular weight is 390 g/mol. The van der Waals surface area contributed by atoms with Gasteiger partial charge in [0.05, 0.1) is 11.6 Å². The van der Waals surface area contributed by atoms with E-state index in [4.69, 9.17) is 5.26 Å². The van der Waals surface area contributed by atoms with E-state index >= 15 is 0 Å².